The smallest absolute Gasteiger partial charge is 0.0643 e. The van der Waals surface area contributed by atoms with Crippen molar-refractivity contribution in [3.05, 3.63) is 0 Å². The predicted octanol–water partition coefficient (Wildman–Crippen LogP) is 2.72. The van der Waals surface area contributed by atoms with Gasteiger partial charge in [-0.15, -0.1) is 0 Å². The van der Waals surface area contributed by atoms with Gasteiger partial charge in [-0.05, 0) is 13.3 Å². The van der Waals surface area contributed by atoms with Gasteiger partial charge in [0.2, 0.25) is 0 Å². The summed E-state index contributed by atoms with van der Waals surface area (Å²) >= 11 is 0. The highest BCUT2D eigenvalue weighted by molar-refractivity contribution is 4.76. The first-order valence-electron chi connectivity index (χ1n) is 6.16. The maximum Gasteiger partial charge on any atom is 0.0643 e. The first kappa shape index (κ1) is 12.0. The van der Waals surface area contributed by atoms with E-state index in [-0.39, 0.29) is 0 Å². The SMILES string of the molecule is CCCCCCCC(C)NC1COC1. The summed E-state index contributed by atoms with van der Waals surface area (Å²) in [5, 5.41) is 3.58. The van der Waals surface area contributed by atoms with Crippen LogP contribution in [0.2, 0.25) is 0 Å². The zero-order chi connectivity index (χ0) is 10.2. The average Bonchev–Trinajstić information content (AvgIpc) is 2.11. The average molecular weight is 199 g/mol. The Morgan fingerprint density at radius 3 is 2.50 bits per heavy atom. The molecule has 1 saturated heterocycles. The van der Waals surface area contributed by atoms with Crippen molar-refractivity contribution in [2.45, 2.75) is 64.5 Å². The minimum atomic E-state index is 0.639. The summed E-state index contributed by atoms with van der Waals surface area (Å²) in [6.07, 6.45) is 8.25. The maximum absolute atomic E-state index is 5.13. The third-order valence-corrected chi connectivity index (χ3v) is 2.90. The van der Waals surface area contributed by atoms with Gasteiger partial charge >= 0.3 is 0 Å². The highest BCUT2D eigenvalue weighted by Crippen LogP contribution is 2.09. The van der Waals surface area contributed by atoms with E-state index in [9.17, 15) is 0 Å². The minimum Gasteiger partial charge on any atom is -0.378 e. The van der Waals surface area contributed by atoms with Gasteiger partial charge < -0.3 is 10.1 Å². The lowest BCUT2D eigenvalue weighted by molar-refractivity contribution is -0.00958. The Hall–Kier alpha value is -0.0800. The molecule has 1 aliphatic rings. The molecule has 1 aliphatic heterocycles. The number of hydrogen-bond donors (Lipinski definition) is 1. The number of hydrogen-bond acceptors (Lipinski definition) is 2. The summed E-state index contributed by atoms with van der Waals surface area (Å²) < 4.78 is 5.13. The molecule has 0 aromatic rings. The van der Waals surface area contributed by atoms with Crippen LogP contribution in [0.3, 0.4) is 0 Å². The van der Waals surface area contributed by atoms with Crippen LogP contribution in [0.1, 0.15) is 52.4 Å². The molecule has 1 unspecified atom stereocenters. The fraction of sp³-hybridized carbons (Fsp3) is 1.00. The zero-order valence-corrected chi connectivity index (χ0v) is 9.72. The van der Waals surface area contributed by atoms with Crippen LogP contribution >= 0.6 is 0 Å². The molecule has 1 atom stereocenters. The Kier molecular flexibility index (Phi) is 6.20. The van der Waals surface area contributed by atoms with Crippen LogP contribution in [0.15, 0.2) is 0 Å². The van der Waals surface area contributed by atoms with Gasteiger partial charge in [0.1, 0.15) is 0 Å². The second kappa shape index (κ2) is 7.24. The second-order valence-electron chi connectivity index (χ2n) is 4.50. The maximum atomic E-state index is 5.13. The topological polar surface area (TPSA) is 21.3 Å². The lowest BCUT2D eigenvalue weighted by Gasteiger charge is -2.30. The summed E-state index contributed by atoms with van der Waals surface area (Å²) in [5.41, 5.74) is 0. The van der Waals surface area contributed by atoms with Crippen LogP contribution in [-0.4, -0.2) is 25.3 Å². The van der Waals surface area contributed by atoms with Gasteiger partial charge in [-0.3, -0.25) is 0 Å². The quantitative estimate of drug-likeness (QED) is 0.607. The molecule has 1 fully saturated rings. The van der Waals surface area contributed by atoms with E-state index in [0.29, 0.717) is 12.1 Å². The zero-order valence-electron chi connectivity index (χ0n) is 9.72. The van der Waals surface area contributed by atoms with Crippen LogP contribution in [-0.2, 0) is 4.74 Å². The molecule has 2 heteroatoms. The van der Waals surface area contributed by atoms with E-state index < -0.39 is 0 Å². The molecule has 84 valence electrons. The van der Waals surface area contributed by atoms with Crippen molar-refractivity contribution < 1.29 is 4.74 Å². The third-order valence-electron chi connectivity index (χ3n) is 2.90. The molecule has 0 aromatic heterocycles. The summed E-state index contributed by atoms with van der Waals surface area (Å²) in [7, 11) is 0. The monoisotopic (exact) mass is 199 g/mol. The third kappa shape index (κ3) is 4.97. The normalized spacial score (nSPS) is 19.3. The Morgan fingerprint density at radius 2 is 1.93 bits per heavy atom. The highest BCUT2D eigenvalue weighted by Gasteiger charge is 2.19. The van der Waals surface area contributed by atoms with Crippen molar-refractivity contribution in [3.63, 3.8) is 0 Å². The van der Waals surface area contributed by atoms with Crippen LogP contribution in [0.4, 0.5) is 0 Å². The molecule has 0 saturated carbocycles. The summed E-state index contributed by atoms with van der Waals surface area (Å²) in [4.78, 5) is 0. The van der Waals surface area contributed by atoms with Crippen LogP contribution in [0, 0.1) is 0 Å². The fourth-order valence-electron chi connectivity index (χ4n) is 1.87. The molecule has 0 aromatic carbocycles. The highest BCUT2D eigenvalue weighted by atomic mass is 16.5. The van der Waals surface area contributed by atoms with Gasteiger partial charge in [0.15, 0.2) is 0 Å². The van der Waals surface area contributed by atoms with Crippen molar-refractivity contribution in [1.29, 1.82) is 0 Å². The van der Waals surface area contributed by atoms with Gasteiger partial charge in [0, 0.05) is 6.04 Å². The molecule has 0 amide bonds. The molecule has 0 bridgehead atoms. The molecular formula is C12H25NO. The minimum absolute atomic E-state index is 0.639. The van der Waals surface area contributed by atoms with Crippen molar-refractivity contribution in [2.75, 3.05) is 13.2 Å². The first-order valence-corrected chi connectivity index (χ1v) is 6.16. The summed E-state index contributed by atoms with van der Waals surface area (Å²) in [5.74, 6) is 0. The van der Waals surface area contributed by atoms with Gasteiger partial charge in [0.05, 0.1) is 19.3 Å². The Bertz CT molecular complexity index is 134. The van der Waals surface area contributed by atoms with E-state index in [1.165, 1.54) is 38.5 Å². The molecule has 1 heterocycles. The van der Waals surface area contributed by atoms with E-state index in [1.54, 1.807) is 0 Å². The molecule has 14 heavy (non-hydrogen) atoms. The predicted molar refractivity (Wildman–Crippen MR) is 60.6 cm³/mol. The lowest BCUT2D eigenvalue weighted by Crippen LogP contribution is -2.49. The van der Waals surface area contributed by atoms with E-state index in [4.69, 9.17) is 4.74 Å². The van der Waals surface area contributed by atoms with Gasteiger partial charge in [-0.25, -0.2) is 0 Å². The van der Waals surface area contributed by atoms with E-state index in [2.05, 4.69) is 19.2 Å². The van der Waals surface area contributed by atoms with Crippen LogP contribution in [0.25, 0.3) is 0 Å². The first-order chi connectivity index (χ1) is 6.83. The molecular weight excluding hydrogens is 174 g/mol. The van der Waals surface area contributed by atoms with Gasteiger partial charge in [0.25, 0.3) is 0 Å². The van der Waals surface area contributed by atoms with Gasteiger partial charge in [-0.1, -0.05) is 39.0 Å². The largest absolute Gasteiger partial charge is 0.378 e. The standard InChI is InChI=1S/C12H25NO/c1-3-4-5-6-7-8-11(2)13-12-9-14-10-12/h11-13H,3-10H2,1-2H3. The van der Waals surface area contributed by atoms with E-state index in [0.717, 1.165) is 13.2 Å². The molecule has 1 N–H and O–H groups in total. The number of unbranched alkanes of at least 4 members (excludes halogenated alkanes) is 4. The summed E-state index contributed by atoms with van der Waals surface area (Å²) in [6.45, 7) is 6.39. The molecule has 2 nitrogen and oxygen atoms in total. The Morgan fingerprint density at radius 1 is 1.21 bits per heavy atom. The van der Waals surface area contributed by atoms with Crippen molar-refractivity contribution >= 4 is 0 Å². The number of nitrogens with one attached hydrogen (secondary N) is 1. The lowest BCUT2D eigenvalue weighted by atomic mass is 10.1. The van der Waals surface area contributed by atoms with E-state index in [1.807, 2.05) is 0 Å². The van der Waals surface area contributed by atoms with Crippen molar-refractivity contribution in [1.82, 2.24) is 5.32 Å². The van der Waals surface area contributed by atoms with Crippen molar-refractivity contribution in [2.24, 2.45) is 0 Å². The number of ether oxygens (including phenoxy) is 1. The van der Waals surface area contributed by atoms with Crippen LogP contribution in [0.5, 0.6) is 0 Å². The Labute approximate surface area is 88.4 Å². The number of rotatable bonds is 8. The fourth-order valence-corrected chi connectivity index (χ4v) is 1.87. The van der Waals surface area contributed by atoms with Gasteiger partial charge in [-0.2, -0.15) is 0 Å². The van der Waals surface area contributed by atoms with Crippen molar-refractivity contribution in [3.8, 4) is 0 Å². The molecule has 0 aliphatic carbocycles. The summed E-state index contributed by atoms with van der Waals surface area (Å²) in [6, 6.07) is 1.31. The van der Waals surface area contributed by atoms with Crippen LogP contribution < -0.4 is 5.32 Å². The second-order valence-corrected chi connectivity index (χ2v) is 4.50. The molecule has 0 spiro atoms. The Balaban J connectivity index is 1.84. The molecule has 0 radical (unpaired) electrons. The molecule has 1 rings (SSSR count). The van der Waals surface area contributed by atoms with E-state index >= 15 is 0 Å².